The lowest BCUT2D eigenvalue weighted by Crippen LogP contribution is -2.62. The van der Waals surface area contributed by atoms with E-state index in [-0.39, 0.29) is 28.2 Å². The van der Waals surface area contributed by atoms with Crippen molar-refractivity contribution < 1.29 is 9.74 Å². The molecule has 8 heteroatoms. The normalized spacial score (nSPS) is 39.5. The van der Waals surface area contributed by atoms with Crippen LogP contribution in [0.1, 0.15) is 38.5 Å². The summed E-state index contributed by atoms with van der Waals surface area (Å²) in [7, 11) is 0. The molecule has 8 nitrogen and oxygen atoms in total. The fourth-order valence-corrected chi connectivity index (χ4v) is 5.36. The lowest BCUT2D eigenvalue weighted by atomic mass is 9.51. The number of fused-ring (bicyclic) bond motifs is 1. The summed E-state index contributed by atoms with van der Waals surface area (Å²) < 4.78 is 4.58. The minimum absolute atomic E-state index is 0.232. The predicted molar refractivity (Wildman–Crippen MR) is 76.2 cm³/mol. The van der Waals surface area contributed by atoms with Crippen LogP contribution in [0.25, 0.3) is 11.3 Å². The highest BCUT2D eigenvalue weighted by Gasteiger charge is 2.57. The van der Waals surface area contributed by atoms with Crippen LogP contribution < -0.4 is 10.9 Å². The molecule has 2 aromatic heterocycles. The quantitative estimate of drug-likeness (QED) is 0.751. The number of rotatable bonds is 2. The summed E-state index contributed by atoms with van der Waals surface area (Å²) in [5, 5.41) is 21.4. The SMILES string of the molecule is O=c1[nH]c2nonc2nc1NC12CC3CC(CC(O)(C3)C1)C2. The molecule has 4 aliphatic carbocycles. The van der Waals surface area contributed by atoms with E-state index >= 15 is 0 Å². The second kappa shape index (κ2) is 3.87. The second-order valence-electron chi connectivity index (χ2n) is 7.44. The van der Waals surface area contributed by atoms with E-state index in [0.717, 1.165) is 25.7 Å². The summed E-state index contributed by atoms with van der Waals surface area (Å²) >= 11 is 0. The Bertz CT molecular complexity index is 798. The van der Waals surface area contributed by atoms with Crippen LogP contribution in [0.3, 0.4) is 0 Å². The summed E-state index contributed by atoms with van der Waals surface area (Å²) in [6.45, 7) is 0. The van der Waals surface area contributed by atoms with Crippen LogP contribution in [0, 0.1) is 11.8 Å². The van der Waals surface area contributed by atoms with Crippen molar-refractivity contribution in [2.75, 3.05) is 5.32 Å². The summed E-state index contributed by atoms with van der Waals surface area (Å²) in [6.07, 6.45) is 5.64. The van der Waals surface area contributed by atoms with Gasteiger partial charge < -0.3 is 10.4 Å². The lowest BCUT2D eigenvalue weighted by molar-refractivity contribution is -0.127. The van der Waals surface area contributed by atoms with Crippen molar-refractivity contribution in [2.24, 2.45) is 11.8 Å². The zero-order chi connectivity index (χ0) is 14.9. The van der Waals surface area contributed by atoms with Crippen LogP contribution in [-0.2, 0) is 0 Å². The van der Waals surface area contributed by atoms with Gasteiger partial charge in [-0.1, -0.05) is 0 Å². The fraction of sp³-hybridized carbons (Fsp3) is 0.714. The summed E-state index contributed by atoms with van der Waals surface area (Å²) in [4.78, 5) is 19.0. The van der Waals surface area contributed by atoms with Gasteiger partial charge in [0.1, 0.15) is 0 Å². The van der Waals surface area contributed by atoms with E-state index in [4.69, 9.17) is 0 Å². The maximum absolute atomic E-state index is 12.2. The van der Waals surface area contributed by atoms with Crippen molar-refractivity contribution in [1.82, 2.24) is 20.3 Å². The number of aromatic amines is 1. The molecule has 2 unspecified atom stereocenters. The monoisotopic (exact) mass is 303 g/mol. The average Bonchev–Trinajstić information content (AvgIpc) is 2.82. The Morgan fingerprint density at radius 3 is 2.73 bits per heavy atom. The minimum Gasteiger partial charge on any atom is -0.390 e. The molecule has 6 rings (SSSR count). The van der Waals surface area contributed by atoms with Crippen LogP contribution in [0.2, 0.25) is 0 Å². The topological polar surface area (TPSA) is 117 Å². The van der Waals surface area contributed by atoms with Crippen LogP contribution in [0.4, 0.5) is 5.82 Å². The van der Waals surface area contributed by atoms with Gasteiger partial charge in [-0.15, -0.1) is 0 Å². The van der Waals surface area contributed by atoms with E-state index in [9.17, 15) is 9.90 Å². The van der Waals surface area contributed by atoms with Gasteiger partial charge in [0.15, 0.2) is 5.82 Å². The number of aromatic nitrogens is 4. The molecule has 3 N–H and O–H groups in total. The van der Waals surface area contributed by atoms with E-state index in [0.29, 0.717) is 18.3 Å². The van der Waals surface area contributed by atoms with E-state index < -0.39 is 5.60 Å². The summed E-state index contributed by atoms with van der Waals surface area (Å²) in [5.41, 5.74) is -0.608. The third kappa shape index (κ3) is 1.73. The number of anilines is 1. The lowest BCUT2D eigenvalue weighted by Gasteiger charge is -2.60. The Kier molecular flexibility index (Phi) is 2.21. The van der Waals surface area contributed by atoms with Gasteiger partial charge in [-0.3, -0.25) is 9.78 Å². The number of nitrogens with one attached hydrogen (secondary N) is 2. The molecule has 0 amide bonds. The van der Waals surface area contributed by atoms with Gasteiger partial charge in [-0.25, -0.2) is 4.63 Å². The summed E-state index contributed by atoms with van der Waals surface area (Å²) in [6, 6.07) is 0. The molecule has 0 spiro atoms. The van der Waals surface area contributed by atoms with Gasteiger partial charge in [0, 0.05) is 5.54 Å². The standard InChI is InChI=1S/C14H17N5O3/c20-12-11(15-9-10(16-12)19-22-18-9)17-13-2-7-1-8(3-13)5-14(21,4-7)6-13/h7-8,21H,1-6H2,(H,15,17,18)(H,16,19,20). The van der Waals surface area contributed by atoms with Crippen LogP contribution >= 0.6 is 0 Å². The molecule has 0 aromatic carbocycles. The number of aliphatic hydroxyl groups is 1. The summed E-state index contributed by atoms with van der Waals surface area (Å²) in [5.74, 6) is 1.32. The Balaban J connectivity index is 1.54. The largest absolute Gasteiger partial charge is 0.390 e. The molecule has 2 atom stereocenters. The highest BCUT2D eigenvalue weighted by Crippen LogP contribution is 2.58. The average molecular weight is 303 g/mol. The Labute approximate surface area is 125 Å². The first-order valence-electron chi connectivity index (χ1n) is 7.76. The Morgan fingerprint density at radius 2 is 2.00 bits per heavy atom. The molecule has 4 aliphatic rings. The van der Waals surface area contributed by atoms with Crippen LogP contribution in [-0.4, -0.2) is 36.5 Å². The van der Waals surface area contributed by atoms with E-state index in [1.807, 2.05) is 0 Å². The van der Waals surface area contributed by atoms with Crippen molar-refractivity contribution in [2.45, 2.75) is 49.7 Å². The number of H-pyrrole nitrogens is 1. The predicted octanol–water partition coefficient (Wildman–Crippen LogP) is 0.802. The van der Waals surface area contributed by atoms with Crippen molar-refractivity contribution in [3.63, 3.8) is 0 Å². The molecule has 4 fully saturated rings. The second-order valence-corrected chi connectivity index (χ2v) is 7.44. The molecule has 22 heavy (non-hydrogen) atoms. The minimum atomic E-state index is -0.580. The number of hydrogen-bond acceptors (Lipinski definition) is 7. The molecule has 4 bridgehead atoms. The maximum Gasteiger partial charge on any atom is 0.292 e. The molecule has 116 valence electrons. The molecular formula is C14H17N5O3. The molecule has 0 radical (unpaired) electrons. The molecule has 0 aliphatic heterocycles. The van der Waals surface area contributed by atoms with Gasteiger partial charge >= 0.3 is 0 Å². The van der Waals surface area contributed by atoms with Crippen molar-refractivity contribution in [3.8, 4) is 0 Å². The fourth-order valence-electron chi connectivity index (χ4n) is 5.36. The molecule has 2 heterocycles. The van der Waals surface area contributed by atoms with Gasteiger partial charge in [0.05, 0.1) is 5.60 Å². The molecule has 4 saturated carbocycles. The maximum atomic E-state index is 12.2. The zero-order valence-corrected chi connectivity index (χ0v) is 12.0. The molecule has 0 saturated heterocycles. The van der Waals surface area contributed by atoms with Gasteiger partial charge in [-0.05, 0) is 60.7 Å². The highest BCUT2D eigenvalue weighted by atomic mass is 16.6. The van der Waals surface area contributed by atoms with Gasteiger partial charge in [-0.2, -0.15) is 4.98 Å². The van der Waals surface area contributed by atoms with E-state index in [2.05, 4.69) is 30.2 Å². The first-order chi connectivity index (χ1) is 10.5. The van der Waals surface area contributed by atoms with Crippen LogP contribution in [0.5, 0.6) is 0 Å². The third-order valence-corrected chi connectivity index (χ3v) is 5.55. The zero-order valence-electron chi connectivity index (χ0n) is 12.0. The van der Waals surface area contributed by atoms with Gasteiger partial charge in [0.2, 0.25) is 11.3 Å². The molecular weight excluding hydrogens is 286 g/mol. The first-order valence-corrected chi connectivity index (χ1v) is 7.76. The smallest absolute Gasteiger partial charge is 0.292 e. The van der Waals surface area contributed by atoms with E-state index in [1.165, 1.54) is 6.42 Å². The van der Waals surface area contributed by atoms with Crippen molar-refractivity contribution in [3.05, 3.63) is 10.4 Å². The first kappa shape index (κ1) is 12.6. The van der Waals surface area contributed by atoms with Crippen molar-refractivity contribution in [1.29, 1.82) is 0 Å². The Hall–Kier alpha value is -1.96. The van der Waals surface area contributed by atoms with Crippen molar-refractivity contribution >= 4 is 17.1 Å². The number of nitrogens with zero attached hydrogens (tertiary/aromatic N) is 3. The van der Waals surface area contributed by atoms with Crippen LogP contribution in [0.15, 0.2) is 9.42 Å². The van der Waals surface area contributed by atoms with E-state index in [1.54, 1.807) is 0 Å². The highest BCUT2D eigenvalue weighted by molar-refractivity contribution is 5.65. The molecule has 2 aromatic rings. The number of hydrogen-bond donors (Lipinski definition) is 3. The Morgan fingerprint density at radius 1 is 1.23 bits per heavy atom. The third-order valence-electron chi connectivity index (χ3n) is 5.55. The van der Waals surface area contributed by atoms with Gasteiger partial charge in [0.25, 0.3) is 5.56 Å².